The van der Waals surface area contributed by atoms with Gasteiger partial charge in [0.05, 0.1) is 0 Å². The third-order valence-electron chi connectivity index (χ3n) is 3.29. The van der Waals surface area contributed by atoms with E-state index in [1.54, 1.807) is 29.2 Å². The van der Waals surface area contributed by atoms with Crippen molar-refractivity contribution in [3.63, 3.8) is 0 Å². The molecule has 0 spiro atoms. The molecule has 0 radical (unpaired) electrons. The molecule has 2 N–H and O–H groups in total. The van der Waals surface area contributed by atoms with Crippen molar-refractivity contribution in [3.8, 4) is 0 Å². The molecule has 0 aliphatic heterocycles. The first-order valence-corrected chi connectivity index (χ1v) is 6.88. The Morgan fingerprint density at radius 1 is 1.19 bits per heavy atom. The number of halogens is 1. The first-order chi connectivity index (χ1) is 9.97. The van der Waals surface area contributed by atoms with Gasteiger partial charge in [-0.3, -0.25) is 4.79 Å². The number of amides is 1. The molecule has 0 atom stereocenters. The van der Waals surface area contributed by atoms with Crippen LogP contribution >= 0.6 is 0 Å². The highest BCUT2D eigenvalue weighted by atomic mass is 19.1. The minimum absolute atomic E-state index is 0.0123. The number of nitrogen functional groups attached to an aromatic ring is 1. The van der Waals surface area contributed by atoms with E-state index in [4.69, 9.17) is 5.73 Å². The van der Waals surface area contributed by atoms with E-state index in [-0.39, 0.29) is 11.9 Å². The lowest BCUT2D eigenvalue weighted by atomic mass is 10.1. The molecule has 0 aliphatic carbocycles. The van der Waals surface area contributed by atoms with Gasteiger partial charge in [-0.1, -0.05) is 18.2 Å². The third-order valence-corrected chi connectivity index (χ3v) is 3.29. The summed E-state index contributed by atoms with van der Waals surface area (Å²) < 4.78 is 13.3. The fourth-order valence-corrected chi connectivity index (χ4v) is 2.10. The van der Waals surface area contributed by atoms with E-state index in [9.17, 15) is 9.18 Å². The molecule has 0 saturated heterocycles. The maximum atomic E-state index is 13.3. The van der Waals surface area contributed by atoms with Gasteiger partial charge in [-0.15, -0.1) is 0 Å². The average molecular weight is 286 g/mol. The number of rotatable bonds is 4. The summed E-state index contributed by atoms with van der Waals surface area (Å²) >= 11 is 0. The van der Waals surface area contributed by atoms with Crippen LogP contribution in [0.3, 0.4) is 0 Å². The lowest BCUT2D eigenvalue weighted by molar-refractivity contribution is 0.0690. The number of hydrogen-bond acceptors (Lipinski definition) is 2. The van der Waals surface area contributed by atoms with Crippen LogP contribution in [0.4, 0.5) is 10.1 Å². The molecule has 0 fully saturated rings. The van der Waals surface area contributed by atoms with E-state index in [2.05, 4.69) is 0 Å². The molecule has 0 unspecified atom stereocenters. The molecular formula is C17H19FN2O. The van der Waals surface area contributed by atoms with Gasteiger partial charge in [0.15, 0.2) is 0 Å². The van der Waals surface area contributed by atoms with E-state index in [1.165, 1.54) is 12.1 Å². The fraction of sp³-hybridized carbons (Fsp3) is 0.235. The fourth-order valence-electron chi connectivity index (χ4n) is 2.10. The molecule has 2 aromatic carbocycles. The molecule has 110 valence electrons. The number of benzene rings is 2. The summed E-state index contributed by atoms with van der Waals surface area (Å²) in [7, 11) is 0. The van der Waals surface area contributed by atoms with Crippen LogP contribution in [0, 0.1) is 5.82 Å². The highest BCUT2D eigenvalue weighted by molar-refractivity contribution is 5.94. The summed E-state index contributed by atoms with van der Waals surface area (Å²) in [4.78, 5) is 14.3. The van der Waals surface area contributed by atoms with Crippen LogP contribution in [-0.4, -0.2) is 16.8 Å². The Morgan fingerprint density at radius 2 is 1.86 bits per heavy atom. The molecule has 0 saturated carbocycles. The lowest BCUT2D eigenvalue weighted by Crippen LogP contribution is -2.36. The SMILES string of the molecule is CC(C)N(Cc1ccc(N)cc1)C(=O)c1cccc(F)c1. The quantitative estimate of drug-likeness (QED) is 0.875. The summed E-state index contributed by atoms with van der Waals surface area (Å²) in [5.41, 5.74) is 7.70. The van der Waals surface area contributed by atoms with Crippen LogP contribution in [0.2, 0.25) is 0 Å². The number of carbonyl (C=O) groups excluding carboxylic acids is 1. The molecule has 21 heavy (non-hydrogen) atoms. The van der Waals surface area contributed by atoms with Gasteiger partial charge in [0.25, 0.3) is 5.91 Å². The smallest absolute Gasteiger partial charge is 0.254 e. The zero-order valence-corrected chi connectivity index (χ0v) is 12.2. The Kier molecular flexibility index (Phi) is 4.58. The van der Waals surface area contributed by atoms with Crippen molar-refractivity contribution in [2.75, 3.05) is 5.73 Å². The van der Waals surface area contributed by atoms with Gasteiger partial charge in [-0.2, -0.15) is 0 Å². The van der Waals surface area contributed by atoms with Gasteiger partial charge in [-0.25, -0.2) is 4.39 Å². The topological polar surface area (TPSA) is 46.3 Å². The summed E-state index contributed by atoms with van der Waals surface area (Å²) in [6.45, 7) is 4.34. The Balaban J connectivity index is 2.22. The van der Waals surface area contributed by atoms with Gasteiger partial charge in [0.2, 0.25) is 0 Å². The van der Waals surface area contributed by atoms with Crippen molar-refractivity contribution in [3.05, 3.63) is 65.5 Å². The van der Waals surface area contributed by atoms with Crippen LogP contribution in [0.15, 0.2) is 48.5 Å². The molecule has 3 nitrogen and oxygen atoms in total. The lowest BCUT2D eigenvalue weighted by Gasteiger charge is -2.27. The van der Waals surface area contributed by atoms with Gasteiger partial charge < -0.3 is 10.6 Å². The van der Waals surface area contributed by atoms with Gasteiger partial charge in [-0.05, 0) is 49.7 Å². The van der Waals surface area contributed by atoms with E-state index >= 15 is 0 Å². The van der Waals surface area contributed by atoms with Crippen molar-refractivity contribution in [1.82, 2.24) is 4.90 Å². The molecule has 0 aromatic heterocycles. The monoisotopic (exact) mass is 286 g/mol. The molecule has 2 rings (SSSR count). The van der Waals surface area contributed by atoms with E-state index < -0.39 is 5.82 Å². The van der Waals surface area contributed by atoms with E-state index in [0.717, 1.165) is 5.56 Å². The third kappa shape index (κ3) is 3.81. The first-order valence-electron chi connectivity index (χ1n) is 6.88. The molecule has 4 heteroatoms. The zero-order valence-electron chi connectivity index (χ0n) is 12.2. The van der Waals surface area contributed by atoms with Crippen molar-refractivity contribution in [1.29, 1.82) is 0 Å². The maximum absolute atomic E-state index is 13.3. The summed E-state index contributed by atoms with van der Waals surface area (Å²) in [6.07, 6.45) is 0. The number of nitrogens with zero attached hydrogens (tertiary/aromatic N) is 1. The second-order valence-electron chi connectivity index (χ2n) is 5.28. The Labute approximate surface area is 124 Å². The maximum Gasteiger partial charge on any atom is 0.254 e. The first kappa shape index (κ1) is 15.0. The predicted molar refractivity (Wildman–Crippen MR) is 82.3 cm³/mol. The Morgan fingerprint density at radius 3 is 2.43 bits per heavy atom. The second-order valence-corrected chi connectivity index (χ2v) is 5.28. The van der Waals surface area contributed by atoms with Crippen LogP contribution < -0.4 is 5.73 Å². The standard InChI is InChI=1S/C17H19FN2O/c1-12(2)20(11-13-6-8-16(19)9-7-13)17(21)14-4-3-5-15(18)10-14/h3-10,12H,11,19H2,1-2H3. The summed E-state index contributed by atoms with van der Waals surface area (Å²) in [5.74, 6) is -0.585. The zero-order chi connectivity index (χ0) is 15.4. The van der Waals surface area contributed by atoms with Crippen LogP contribution in [-0.2, 0) is 6.54 Å². The van der Waals surface area contributed by atoms with Crippen molar-refractivity contribution in [2.45, 2.75) is 26.4 Å². The Bertz CT molecular complexity index is 623. The van der Waals surface area contributed by atoms with E-state index in [0.29, 0.717) is 17.8 Å². The minimum Gasteiger partial charge on any atom is -0.399 e. The van der Waals surface area contributed by atoms with Crippen LogP contribution in [0.1, 0.15) is 29.8 Å². The number of hydrogen-bond donors (Lipinski definition) is 1. The minimum atomic E-state index is -0.406. The molecule has 1 amide bonds. The highest BCUT2D eigenvalue weighted by Crippen LogP contribution is 2.15. The molecule has 0 aliphatic rings. The second kappa shape index (κ2) is 6.39. The van der Waals surface area contributed by atoms with E-state index in [1.807, 2.05) is 26.0 Å². The number of carbonyl (C=O) groups is 1. The van der Waals surface area contributed by atoms with Crippen molar-refractivity contribution < 1.29 is 9.18 Å². The Hall–Kier alpha value is -2.36. The number of nitrogens with two attached hydrogens (primary N) is 1. The highest BCUT2D eigenvalue weighted by Gasteiger charge is 2.19. The summed E-state index contributed by atoms with van der Waals surface area (Å²) in [6, 6.07) is 13.2. The molecule has 0 bridgehead atoms. The molecular weight excluding hydrogens is 267 g/mol. The number of anilines is 1. The van der Waals surface area contributed by atoms with Crippen LogP contribution in [0.25, 0.3) is 0 Å². The van der Waals surface area contributed by atoms with Crippen molar-refractivity contribution >= 4 is 11.6 Å². The van der Waals surface area contributed by atoms with Gasteiger partial charge >= 0.3 is 0 Å². The van der Waals surface area contributed by atoms with Crippen LogP contribution in [0.5, 0.6) is 0 Å². The molecule has 0 heterocycles. The summed E-state index contributed by atoms with van der Waals surface area (Å²) in [5, 5.41) is 0. The predicted octanol–water partition coefficient (Wildman–Crippen LogP) is 3.46. The average Bonchev–Trinajstić information content (AvgIpc) is 2.45. The van der Waals surface area contributed by atoms with Gasteiger partial charge in [0.1, 0.15) is 5.82 Å². The van der Waals surface area contributed by atoms with Gasteiger partial charge in [0, 0.05) is 23.8 Å². The molecule has 2 aromatic rings. The normalized spacial score (nSPS) is 10.7. The largest absolute Gasteiger partial charge is 0.399 e. The van der Waals surface area contributed by atoms with Crippen molar-refractivity contribution in [2.24, 2.45) is 0 Å².